The van der Waals surface area contributed by atoms with E-state index >= 15 is 0 Å². The Bertz CT molecular complexity index is 632. The molecule has 1 aliphatic rings. The minimum Gasteiger partial charge on any atom is -0.466 e. The van der Waals surface area contributed by atoms with Gasteiger partial charge in [0.15, 0.2) is 0 Å². The van der Waals surface area contributed by atoms with Crippen molar-refractivity contribution in [3.63, 3.8) is 0 Å². The Morgan fingerprint density at radius 3 is 2.62 bits per heavy atom. The molecule has 0 aliphatic carbocycles. The Morgan fingerprint density at radius 2 is 1.96 bits per heavy atom. The number of carbonyl (C=O) groups excluding carboxylic acids is 3. The third-order valence-corrected chi connectivity index (χ3v) is 4.86. The van der Waals surface area contributed by atoms with Crippen LogP contribution in [0.5, 0.6) is 0 Å². The number of rotatable bonds is 7. The van der Waals surface area contributed by atoms with Crippen LogP contribution in [-0.4, -0.2) is 48.9 Å². The summed E-state index contributed by atoms with van der Waals surface area (Å²) in [5, 5.41) is 2.54. The van der Waals surface area contributed by atoms with Crippen LogP contribution in [0.1, 0.15) is 38.7 Å². The van der Waals surface area contributed by atoms with E-state index in [4.69, 9.17) is 4.74 Å². The average Bonchev–Trinajstić information content (AvgIpc) is 2.65. The molecule has 1 saturated heterocycles. The Hall–Kier alpha value is -2.37. The number of aryl methyl sites for hydroxylation is 1. The number of ether oxygens (including phenoxy) is 1. The molecule has 6 heteroatoms. The first-order valence-corrected chi connectivity index (χ1v) is 9.20. The molecule has 26 heavy (non-hydrogen) atoms. The van der Waals surface area contributed by atoms with Gasteiger partial charge in [0.25, 0.3) is 0 Å². The van der Waals surface area contributed by atoms with Gasteiger partial charge in [-0.25, -0.2) is 0 Å². The number of amides is 2. The zero-order valence-electron chi connectivity index (χ0n) is 15.6. The second-order valence-electron chi connectivity index (χ2n) is 6.81. The van der Waals surface area contributed by atoms with Crippen LogP contribution in [0.2, 0.25) is 0 Å². The summed E-state index contributed by atoms with van der Waals surface area (Å²) in [5.74, 6) is -0.627. The number of likely N-dealkylation sites (tertiary alicyclic amines) is 1. The van der Waals surface area contributed by atoms with Gasteiger partial charge >= 0.3 is 5.97 Å². The van der Waals surface area contributed by atoms with Crippen molar-refractivity contribution in [1.29, 1.82) is 0 Å². The van der Waals surface area contributed by atoms with E-state index in [-0.39, 0.29) is 24.3 Å². The molecule has 6 nitrogen and oxygen atoms in total. The van der Waals surface area contributed by atoms with Crippen LogP contribution < -0.4 is 5.32 Å². The third-order valence-electron chi connectivity index (χ3n) is 4.86. The number of benzene rings is 1. The summed E-state index contributed by atoms with van der Waals surface area (Å²) in [6.45, 7) is 4.41. The summed E-state index contributed by atoms with van der Waals surface area (Å²) in [5.41, 5.74) is 0.480. The van der Waals surface area contributed by atoms with Crippen LogP contribution in [0.4, 0.5) is 0 Å². The lowest BCUT2D eigenvalue weighted by atomic mass is 9.75. The van der Waals surface area contributed by atoms with Gasteiger partial charge in [-0.3, -0.25) is 14.4 Å². The average molecular weight is 360 g/mol. The Labute approximate surface area is 154 Å². The van der Waals surface area contributed by atoms with E-state index in [1.54, 1.807) is 11.8 Å². The van der Waals surface area contributed by atoms with Gasteiger partial charge in [0.1, 0.15) is 0 Å². The van der Waals surface area contributed by atoms with Crippen LogP contribution in [-0.2, 0) is 25.5 Å². The molecule has 0 saturated carbocycles. The topological polar surface area (TPSA) is 75.7 Å². The van der Waals surface area contributed by atoms with Crippen molar-refractivity contribution < 1.29 is 19.1 Å². The minimum atomic E-state index is -0.685. The van der Waals surface area contributed by atoms with Crippen molar-refractivity contribution in [1.82, 2.24) is 10.2 Å². The summed E-state index contributed by atoms with van der Waals surface area (Å²) < 4.78 is 5.35. The lowest BCUT2D eigenvalue weighted by Gasteiger charge is -2.41. The molecular weight excluding hydrogens is 332 g/mol. The second kappa shape index (κ2) is 9.36. The van der Waals surface area contributed by atoms with Crippen LogP contribution in [0.3, 0.4) is 0 Å². The monoisotopic (exact) mass is 360 g/mol. The molecule has 1 N–H and O–H groups in total. The molecule has 1 atom stereocenters. The molecule has 0 spiro atoms. The number of hydrogen-bond donors (Lipinski definition) is 1. The first-order valence-electron chi connectivity index (χ1n) is 9.20. The summed E-state index contributed by atoms with van der Waals surface area (Å²) in [4.78, 5) is 37.9. The summed E-state index contributed by atoms with van der Waals surface area (Å²) in [6.07, 6.45) is 2.86. The number of piperidine rings is 1. The number of nitrogens with zero attached hydrogens (tertiary/aromatic N) is 1. The highest BCUT2D eigenvalue weighted by atomic mass is 16.5. The normalized spacial score (nSPS) is 19.7. The summed E-state index contributed by atoms with van der Waals surface area (Å²) in [6, 6.07) is 10.0. The van der Waals surface area contributed by atoms with E-state index in [1.165, 1.54) is 6.92 Å². The van der Waals surface area contributed by atoms with E-state index in [2.05, 4.69) is 5.32 Å². The fraction of sp³-hybridized carbons (Fsp3) is 0.550. The fourth-order valence-electron chi connectivity index (χ4n) is 3.44. The fourth-order valence-corrected chi connectivity index (χ4v) is 3.44. The Morgan fingerprint density at radius 1 is 1.23 bits per heavy atom. The highest BCUT2D eigenvalue weighted by Gasteiger charge is 2.44. The van der Waals surface area contributed by atoms with Gasteiger partial charge in [-0.2, -0.15) is 0 Å². The Balaban J connectivity index is 2.10. The van der Waals surface area contributed by atoms with E-state index in [9.17, 15) is 14.4 Å². The van der Waals surface area contributed by atoms with Crippen LogP contribution >= 0.6 is 0 Å². The Kier molecular flexibility index (Phi) is 7.18. The largest absolute Gasteiger partial charge is 0.466 e. The highest BCUT2D eigenvalue weighted by molar-refractivity contribution is 5.85. The van der Waals surface area contributed by atoms with E-state index in [0.29, 0.717) is 32.5 Å². The van der Waals surface area contributed by atoms with Crippen molar-refractivity contribution in [2.45, 2.75) is 39.5 Å². The number of nitrogens with one attached hydrogen (secondary N) is 1. The predicted octanol–water partition coefficient (Wildman–Crippen LogP) is 1.93. The van der Waals surface area contributed by atoms with Gasteiger partial charge in [-0.1, -0.05) is 30.3 Å². The molecule has 0 unspecified atom stereocenters. The van der Waals surface area contributed by atoms with E-state index in [1.807, 2.05) is 30.3 Å². The second-order valence-corrected chi connectivity index (χ2v) is 6.81. The first-order chi connectivity index (χ1) is 12.5. The van der Waals surface area contributed by atoms with Gasteiger partial charge in [0.2, 0.25) is 11.8 Å². The zero-order chi connectivity index (χ0) is 19.0. The number of esters is 1. The van der Waals surface area contributed by atoms with Gasteiger partial charge < -0.3 is 15.0 Å². The molecule has 1 aromatic carbocycles. The van der Waals surface area contributed by atoms with Crippen LogP contribution in [0, 0.1) is 5.41 Å². The molecule has 2 amide bonds. The van der Waals surface area contributed by atoms with Crippen molar-refractivity contribution in [2.75, 3.05) is 26.2 Å². The lowest BCUT2D eigenvalue weighted by Crippen LogP contribution is -2.52. The van der Waals surface area contributed by atoms with Gasteiger partial charge in [-0.05, 0) is 38.2 Å². The molecule has 1 heterocycles. The third kappa shape index (κ3) is 5.31. The molecular formula is C20H28N2O4. The van der Waals surface area contributed by atoms with Gasteiger partial charge in [-0.15, -0.1) is 0 Å². The smallest absolute Gasteiger partial charge is 0.313 e. The maximum atomic E-state index is 12.7. The maximum Gasteiger partial charge on any atom is 0.313 e. The van der Waals surface area contributed by atoms with Crippen LogP contribution in [0.25, 0.3) is 0 Å². The molecule has 1 fully saturated rings. The molecule has 2 rings (SSSR count). The lowest BCUT2D eigenvalue weighted by molar-refractivity contribution is -0.161. The van der Waals surface area contributed by atoms with E-state index < -0.39 is 5.41 Å². The first kappa shape index (κ1) is 19.9. The van der Waals surface area contributed by atoms with Crippen molar-refractivity contribution in [3.8, 4) is 0 Å². The predicted molar refractivity (Wildman–Crippen MR) is 98.3 cm³/mol. The van der Waals surface area contributed by atoms with Crippen molar-refractivity contribution in [3.05, 3.63) is 35.9 Å². The number of hydrogen-bond acceptors (Lipinski definition) is 4. The van der Waals surface area contributed by atoms with Crippen molar-refractivity contribution >= 4 is 17.8 Å². The molecule has 1 aromatic rings. The summed E-state index contributed by atoms with van der Waals surface area (Å²) >= 11 is 0. The molecule has 0 aromatic heterocycles. The standard InChI is InChI=1S/C20H28N2O4/c1-3-26-19(25)20(12-10-17-8-5-4-6-9-17)11-7-13-22(15-20)18(24)14-21-16(2)23/h4-6,8-9H,3,7,10-15H2,1-2H3,(H,21,23)/t20-/m1/s1. The SMILES string of the molecule is CCOC(=O)[C@@]1(CCc2ccccc2)CCCN(C(=O)CNC(C)=O)C1. The van der Waals surface area contributed by atoms with Crippen LogP contribution in [0.15, 0.2) is 30.3 Å². The van der Waals surface area contributed by atoms with Crippen molar-refractivity contribution in [2.24, 2.45) is 5.41 Å². The molecule has 1 aliphatic heterocycles. The highest BCUT2D eigenvalue weighted by Crippen LogP contribution is 2.36. The van der Waals surface area contributed by atoms with Gasteiger partial charge in [0.05, 0.1) is 18.6 Å². The quantitative estimate of drug-likeness (QED) is 0.754. The summed E-state index contributed by atoms with van der Waals surface area (Å²) in [7, 11) is 0. The minimum absolute atomic E-state index is 0.0348. The molecule has 0 bridgehead atoms. The number of carbonyl (C=O) groups is 3. The van der Waals surface area contributed by atoms with E-state index in [0.717, 1.165) is 18.4 Å². The van der Waals surface area contributed by atoms with Gasteiger partial charge in [0, 0.05) is 20.0 Å². The molecule has 0 radical (unpaired) electrons. The molecule has 142 valence electrons. The maximum absolute atomic E-state index is 12.7. The zero-order valence-corrected chi connectivity index (χ0v) is 15.6.